The smallest absolute Gasteiger partial charge is 0.347 e. The normalized spacial score (nSPS) is 15.2. The summed E-state index contributed by atoms with van der Waals surface area (Å²) < 4.78 is 5.02. The fraction of sp³-hybridized carbons (Fsp3) is 0.125. The minimum absolute atomic E-state index is 0.0561. The molecule has 1 aliphatic rings. The maximum atomic E-state index is 11.1. The number of carbonyl (C=O) groups is 2. The highest BCUT2D eigenvalue weighted by Crippen LogP contribution is 2.18. The highest BCUT2D eigenvalue weighted by molar-refractivity contribution is 9.10. The third kappa shape index (κ3) is 1.47. The number of aromatic nitrogens is 1. The molecule has 0 N–H and O–H groups in total. The third-order valence-corrected chi connectivity index (χ3v) is 2.12. The van der Waals surface area contributed by atoms with E-state index in [4.69, 9.17) is 0 Å². The summed E-state index contributed by atoms with van der Waals surface area (Å²) in [6, 6.07) is 3.22. The maximum Gasteiger partial charge on any atom is 0.347 e. The monoisotopic (exact) mass is 241 g/mol. The van der Waals surface area contributed by atoms with Crippen molar-refractivity contribution in [2.45, 2.75) is 6.42 Å². The van der Waals surface area contributed by atoms with E-state index in [0.717, 1.165) is 0 Å². The third-order valence-electron chi connectivity index (χ3n) is 1.68. The van der Waals surface area contributed by atoms with E-state index < -0.39 is 11.9 Å². The van der Waals surface area contributed by atoms with Gasteiger partial charge in [-0.1, -0.05) is 0 Å². The number of pyridine rings is 1. The van der Waals surface area contributed by atoms with Crippen molar-refractivity contribution in [3.63, 3.8) is 0 Å². The SMILES string of the molecule is O=C1Cc2nc(Br)ccc2C(=O)O1. The zero-order chi connectivity index (χ0) is 9.42. The van der Waals surface area contributed by atoms with E-state index >= 15 is 0 Å². The van der Waals surface area contributed by atoms with Crippen LogP contribution in [0.2, 0.25) is 0 Å². The Morgan fingerprint density at radius 1 is 1.38 bits per heavy atom. The van der Waals surface area contributed by atoms with E-state index in [9.17, 15) is 9.59 Å². The Kier molecular flexibility index (Phi) is 1.88. The highest BCUT2D eigenvalue weighted by atomic mass is 79.9. The quantitative estimate of drug-likeness (QED) is 0.388. The molecule has 0 amide bonds. The molecule has 66 valence electrons. The number of hydrogen-bond acceptors (Lipinski definition) is 4. The lowest BCUT2D eigenvalue weighted by Gasteiger charge is -2.12. The Labute approximate surface area is 82.0 Å². The molecule has 4 nitrogen and oxygen atoms in total. The van der Waals surface area contributed by atoms with Gasteiger partial charge < -0.3 is 4.74 Å². The van der Waals surface area contributed by atoms with Crippen molar-refractivity contribution in [2.75, 3.05) is 0 Å². The standard InChI is InChI=1S/C8H4BrNO3/c9-6-2-1-4-5(10-6)3-7(11)13-8(4)12/h1-2H,3H2. The molecule has 1 aromatic heterocycles. The number of hydrogen-bond donors (Lipinski definition) is 0. The number of carbonyl (C=O) groups excluding carboxylic acids is 2. The molecule has 0 saturated heterocycles. The highest BCUT2D eigenvalue weighted by Gasteiger charge is 2.25. The topological polar surface area (TPSA) is 56.3 Å². The summed E-state index contributed by atoms with van der Waals surface area (Å²) in [5.74, 6) is -1.17. The van der Waals surface area contributed by atoms with Crippen LogP contribution in [0.3, 0.4) is 0 Å². The fourth-order valence-electron chi connectivity index (χ4n) is 1.13. The summed E-state index contributed by atoms with van der Waals surface area (Å²) in [5.41, 5.74) is 0.832. The first-order valence-corrected chi connectivity index (χ1v) is 4.36. The van der Waals surface area contributed by atoms with Gasteiger partial charge in [0.05, 0.1) is 17.7 Å². The van der Waals surface area contributed by atoms with Gasteiger partial charge >= 0.3 is 11.9 Å². The Bertz CT molecular complexity index is 402. The van der Waals surface area contributed by atoms with Gasteiger partial charge in [-0.05, 0) is 28.1 Å². The summed E-state index contributed by atoms with van der Waals surface area (Å²) in [4.78, 5) is 26.0. The average Bonchev–Trinajstić information content (AvgIpc) is 2.02. The number of cyclic esters (lactones) is 2. The van der Waals surface area contributed by atoms with Crippen LogP contribution < -0.4 is 0 Å². The van der Waals surface area contributed by atoms with Gasteiger partial charge in [0.15, 0.2) is 0 Å². The van der Waals surface area contributed by atoms with Crippen LogP contribution in [0.15, 0.2) is 16.7 Å². The first kappa shape index (κ1) is 8.37. The van der Waals surface area contributed by atoms with E-state index in [2.05, 4.69) is 25.7 Å². The molecule has 0 aromatic carbocycles. The number of nitrogens with zero attached hydrogens (tertiary/aromatic N) is 1. The van der Waals surface area contributed by atoms with Crippen LogP contribution in [-0.4, -0.2) is 16.9 Å². The van der Waals surface area contributed by atoms with Crippen molar-refractivity contribution in [2.24, 2.45) is 0 Å². The molecule has 1 aromatic rings. The molecule has 1 aliphatic heterocycles. The van der Waals surface area contributed by atoms with Crippen molar-refractivity contribution >= 4 is 27.9 Å². The summed E-state index contributed by atoms with van der Waals surface area (Å²) in [7, 11) is 0. The molecule has 0 fully saturated rings. The molecule has 2 rings (SSSR count). The van der Waals surface area contributed by atoms with E-state index in [0.29, 0.717) is 15.9 Å². The number of rotatable bonds is 0. The molecule has 0 aliphatic carbocycles. The van der Waals surface area contributed by atoms with Gasteiger partial charge in [0.25, 0.3) is 0 Å². The van der Waals surface area contributed by atoms with E-state index in [1.54, 1.807) is 12.1 Å². The fourth-order valence-corrected chi connectivity index (χ4v) is 1.47. The van der Waals surface area contributed by atoms with Crippen molar-refractivity contribution in [3.05, 3.63) is 28.0 Å². The van der Waals surface area contributed by atoms with Crippen LogP contribution in [0.1, 0.15) is 16.1 Å². The molecule has 0 spiro atoms. The molecule has 2 heterocycles. The van der Waals surface area contributed by atoms with Gasteiger partial charge in [0.1, 0.15) is 4.60 Å². The molecule has 0 radical (unpaired) electrons. The Hall–Kier alpha value is -1.23. The lowest BCUT2D eigenvalue weighted by atomic mass is 10.1. The summed E-state index contributed by atoms with van der Waals surface area (Å²) >= 11 is 3.16. The Balaban J connectivity index is 2.55. The first-order valence-electron chi connectivity index (χ1n) is 3.57. The summed E-state index contributed by atoms with van der Waals surface area (Å²) in [5, 5.41) is 0. The van der Waals surface area contributed by atoms with E-state index in [1.807, 2.05) is 0 Å². The molecule has 0 bridgehead atoms. The average molecular weight is 242 g/mol. The van der Waals surface area contributed by atoms with Crippen LogP contribution >= 0.6 is 15.9 Å². The molecule has 5 heteroatoms. The summed E-state index contributed by atoms with van der Waals surface area (Å²) in [6.45, 7) is 0. The van der Waals surface area contributed by atoms with Gasteiger partial charge in [-0.15, -0.1) is 0 Å². The van der Waals surface area contributed by atoms with Crippen LogP contribution in [0, 0.1) is 0 Å². The Morgan fingerprint density at radius 2 is 2.15 bits per heavy atom. The molecule has 13 heavy (non-hydrogen) atoms. The van der Waals surface area contributed by atoms with Gasteiger partial charge in [0, 0.05) is 0 Å². The lowest BCUT2D eigenvalue weighted by Crippen LogP contribution is -2.23. The van der Waals surface area contributed by atoms with Crippen LogP contribution in [0.25, 0.3) is 0 Å². The predicted molar refractivity (Wildman–Crippen MR) is 46.1 cm³/mol. The molecular formula is C8H4BrNO3. The molecule has 0 unspecified atom stereocenters. The minimum Gasteiger partial charge on any atom is -0.389 e. The van der Waals surface area contributed by atoms with Crippen molar-refractivity contribution < 1.29 is 14.3 Å². The number of ether oxygens (including phenoxy) is 1. The van der Waals surface area contributed by atoms with E-state index in [-0.39, 0.29) is 6.42 Å². The lowest BCUT2D eigenvalue weighted by molar-refractivity contribution is -0.137. The van der Waals surface area contributed by atoms with Crippen LogP contribution in [0.5, 0.6) is 0 Å². The van der Waals surface area contributed by atoms with Gasteiger partial charge in [-0.3, -0.25) is 4.79 Å². The molecule has 0 atom stereocenters. The zero-order valence-electron chi connectivity index (χ0n) is 6.41. The maximum absolute atomic E-state index is 11.1. The van der Waals surface area contributed by atoms with Gasteiger partial charge in [0.2, 0.25) is 0 Å². The molecular weight excluding hydrogens is 238 g/mol. The van der Waals surface area contributed by atoms with Gasteiger partial charge in [-0.25, -0.2) is 9.78 Å². The van der Waals surface area contributed by atoms with Gasteiger partial charge in [-0.2, -0.15) is 0 Å². The van der Waals surface area contributed by atoms with Crippen molar-refractivity contribution in [1.29, 1.82) is 0 Å². The van der Waals surface area contributed by atoms with Crippen LogP contribution in [-0.2, 0) is 16.0 Å². The largest absolute Gasteiger partial charge is 0.389 e. The minimum atomic E-state index is -0.619. The predicted octanol–water partition coefficient (Wildman–Crippen LogP) is 1.08. The van der Waals surface area contributed by atoms with E-state index in [1.165, 1.54) is 0 Å². The second-order valence-corrected chi connectivity index (χ2v) is 3.38. The second kappa shape index (κ2) is 2.92. The summed E-state index contributed by atoms with van der Waals surface area (Å²) in [6.07, 6.45) is 0.0561. The zero-order valence-corrected chi connectivity index (χ0v) is 8.00. The van der Waals surface area contributed by atoms with Crippen molar-refractivity contribution in [1.82, 2.24) is 4.98 Å². The van der Waals surface area contributed by atoms with Crippen molar-refractivity contribution in [3.8, 4) is 0 Å². The Morgan fingerprint density at radius 3 is 2.92 bits per heavy atom. The molecule has 0 saturated carbocycles. The number of esters is 2. The number of halogens is 1. The van der Waals surface area contributed by atoms with Crippen LogP contribution in [0.4, 0.5) is 0 Å². The second-order valence-electron chi connectivity index (χ2n) is 2.57. The number of fused-ring (bicyclic) bond motifs is 1. The first-order chi connectivity index (χ1) is 6.16.